The summed E-state index contributed by atoms with van der Waals surface area (Å²) in [7, 11) is 0. The molecule has 29 heavy (non-hydrogen) atoms. The standard InChI is InChI=1S/C23H19ClN4S/c24-20-5-3-16(4-6-20)23-26-12-19-14-28(10-7-21(19)27-23)13-17-2-1-9-25-22(17)18-8-11-29-15-18/h1-6,8-9,11-12,15H,7,10,13-14H2. The molecule has 0 saturated carbocycles. The maximum absolute atomic E-state index is 5.99. The summed E-state index contributed by atoms with van der Waals surface area (Å²) in [4.78, 5) is 16.5. The van der Waals surface area contributed by atoms with Crippen LogP contribution in [-0.2, 0) is 19.5 Å². The van der Waals surface area contributed by atoms with Crippen molar-refractivity contribution in [3.05, 3.63) is 87.5 Å². The van der Waals surface area contributed by atoms with Gasteiger partial charge in [-0.05, 0) is 47.3 Å². The van der Waals surface area contributed by atoms with Crippen LogP contribution in [0.4, 0.5) is 0 Å². The minimum Gasteiger partial charge on any atom is -0.294 e. The smallest absolute Gasteiger partial charge is 0.159 e. The van der Waals surface area contributed by atoms with E-state index >= 15 is 0 Å². The van der Waals surface area contributed by atoms with Gasteiger partial charge >= 0.3 is 0 Å². The fourth-order valence-electron chi connectivity index (χ4n) is 3.71. The van der Waals surface area contributed by atoms with E-state index in [4.69, 9.17) is 16.6 Å². The Hall–Kier alpha value is -2.60. The molecular formula is C23H19ClN4S. The van der Waals surface area contributed by atoms with Crippen molar-refractivity contribution in [2.75, 3.05) is 6.54 Å². The lowest BCUT2D eigenvalue weighted by Crippen LogP contribution is -2.31. The second-order valence-corrected chi connectivity index (χ2v) is 8.37. The summed E-state index contributed by atoms with van der Waals surface area (Å²) < 4.78 is 0. The Morgan fingerprint density at radius 2 is 1.93 bits per heavy atom. The Morgan fingerprint density at radius 3 is 2.76 bits per heavy atom. The number of thiophene rings is 1. The quantitative estimate of drug-likeness (QED) is 0.440. The van der Waals surface area contributed by atoms with Gasteiger partial charge in [-0.25, -0.2) is 9.97 Å². The zero-order valence-electron chi connectivity index (χ0n) is 15.8. The number of hydrogen-bond acceptors (Lipinski definition) is 5. The van der Waals surface area contributed by atoms with Crippen LogP contribution in [0.2, 0.25) is 5.02 Å². The zero-order valence-corrected chi connectivity index (χ0v) is 17.3. The Bertz CT molecular complexity index is 1130. The third-order valence-corrected chi connectivity index (χ3v) is 6.13. The first kappa shape index (κ1) is 18.4. The van der Waals surface area contributed by atoms with Crippen LogP contribution in [0, 0.1) is 0 Å². The van der Waals surface area contributed by atoms with E-state index in [2.05, 4.69) is 37.8 Å². The summed E-state index contributed by atoms with van der Waals surface area (Å²) in [6, 6.07) is 14.0. The van der Waals surface area contributed by atoms with E-state index in [-0.39, 0.29) is 0 Å². The molecule has 0 bridgehead atoms. The molecule has 0 radical (unpaired) electrons. The molecule has 0 fully saturated rings. The molecule has 1 aliphatic rings. The highest BCUT2D eigenvalue weighted by molar-refractivity contribution is 7.08. The summed E-state index contributed by atoms with van der Waals surface area (Å²) >= 11 is 7.69. The van der Waals surface area contributed by atoms with Gasteiger partial charge in [0.1, 0.15) is 0 Å². The highest BCUT2D eigenvalue weighted by atomic mass is 35.5. The third kappa shape index (κ3) is 3.94. The Balaban J connectivity index is 1.35. The largest absolute Gasteiger partial charge is 0.294 e. The van der Waals surface area contributed by atoms with Gasteiger partial charge in [-0.1, -0.05) is 17.7 Å². The topological polar surface area (TPSA) is 41.9 Å². The van der Waals surface area contributed by atoms with Crippen LogP contribution < -0.4 is 0 Å². The van der Waals surface area contributed by atoms with E-state index in [1.54, 1.807) is 11.3 Å². The highest BCUT2D eigenvalue weighted by Gasteiger charge is 2.20. The van der Waals surface area contributed by atoms with Crippen LogP contribution in [-0.4, -0.2) is 26.4 Å². The summed E-state index contributed by atoms with van der Waals surface area (Å²) in [5.41, 5.74) is 6.87. The van der Waals surface area contributed by atoms with Gasteiger partial charge in [0.2, 0.25) is 0 Å². The van der Waals surface area contributed by atoms with Gasteiger partial charge in [0.05, 0.1) is 11.4 Å². The molecule has 4 heterocycles. The maximum Gasteiger partial charge on any atom is 0.159 e. The predicted molar refractivity (Wildman–Crippen MR) is 118 cm³/mol. The van der Waals surface area contributed by atoms with Crippen LogP contribution in [0.3, 0.4) is 0 Å². The first-order valence-corrected chi connectivity index (χ1v) is 10.9. The van der Waals surface area contributed by atoms with Crippen molar-refractivity contribution in [2.24, 2.45) is 0 Å². The number of aromatic nitrogens is 3. The number of halogens is 1. The number of fused-ring (bicyclic) bond motifs is 1. The van der Waals surface area contributed by atoms with E-state index in [1.165, 1.54) is 16.7 Å². The number of pyridine rings is 1. The molecule has 144 valence electrons. The molecule has 0 atom stereocenters. The van der Waals surface area contributed by atoms with Crippen molar-refractivity contribution >= 4 is 22.9 Å². The fourth-order valence-corrected chi connectivity index (χ4v) is 4.48. The lowest BCUT2D eigenvalue weighted by atomic mass is 10.0. The van der Waals surface area contributed by atoms with Gasteiger partial charge in [-0.3, -0.25) is 9.88 Å². The maximum atomic E-state index is 5.99. The average molecular weight is 419 g/mol. The molecule has 5 rings (SSSR count). The predicted octanol–water partition coefficient (Wildman–Crippen LogP) is 5.48. The number of rotatable bonds is 4. The van der Waals surface area contributed by atoms with E-state index in [9.17, 15) is 0 Å². The van der Waals surface area contributed by atoms with Crippen molar-refractivity contribution in [1.82, 2.24) is 19.9 Å². The summed E-state index contributed by atoms with van der Waals surface area (Å²) in [6.07, 6.45) is 4.77. The normalized spacial score (nSPS) is 14.0. The van der Waals surface area contributed by atoms with Crippen LogP contribution >= 0.6 is 22.9 Å². The monoisotopic (exact) mass is 418 g/mol. The molecule has 3 aromatic heterocycles. The molecule has 0 unspecified atom stereocenters. The number of hydrogen-bond donors (Lipinski definition) is 0. The minimum absolute atomic E-state index is 0.722. The summed E-state index contributed by atoms with van der Waals surface area (Å²) in [5.74, 6) is 0.765. The summed E-state index contributed by atoms with van der Waals surface area (Å²) in [5, 5.41) is 4.98. The first-order chi connectivity index (χ1) is 14.3. The van der Waals surface area contributed by atoms with E-state index in [0.717, 1.165) is 53.9 Å². The number of benzene rings is 1. The molecule has 1 aliphatic heterocycles. The molecule has 6 heteroatoms. The van der Waals surface area contributed by atoms with E-state index in [1.807, 2.05) is 42.7 Å². The van der Waals surface area contributed by atoms with Crippen LogP contribution in [0.5, 0.6) is 0 Å². The van der Waals surface area contributed by atoms with E-state index in [0.29, 0.717) is 0 Å². The molecule has 0 N–H and O–H groups in total. The van der Waals surface area contributed by atoms with Crippen molar-refractivity contribution in [3.8, 4) is 22.6 Å². The molecule has 0 aliphatic carbocycles. The van der Waals surface area contributed by atoms with Crippen molar-refractivity contribution < 1.29 is 0 Å². The summed E-state index contributed by atoms with van der Waals surface area (Å²) in [6.45, 7) is 2.70. The van der Waals surface area contributed by atoms with Crippen molar-refractivity contribution in [1.29, 1.82) is 0 Å². The molecule has 4 aromatic rings. The second kappa shape index (κ2) is 8.03. The molecule has 0 saturated heterocycles. The van der Waals surface area contributed by atoms with Gasteiger partial charge in [0, 0.05) is 65.5 Å². The Kier molecular flexibility index (Phi) is 5.10. The molecule has 1 aromatic carbocycles. The van der Waals surface area contributed by atoms with Crippen molar-refractivity contribution in [2.45, 2.75) is 19.5 Å². The average Bonchev–Trinajstić information content (AvgIpc) is 3.29. The fraction of sp³-hybridized carbons (Fsp3) is 0.174. The zero-order chi connectivity index (χ0) is 19.6. The second-order valence-electron chi connectivity index (χ2n) is 7.16. The molecule has 0 spiro atoms. The van der Waals surface area contributed by atoms with Gasteiger partial charge in [0.25, 0.3) is 0 Å². The lowest BCUT2D eigenvalue weighted by Gasteiger charge is -2.28. The third-order valence-electron chi connectivity index (χ3n) is 5.20. The van der Waals surface area contributed by atoms with Gasteiger partial charge in [-0.2, -0.15) is 11.3 Å². The Morgan fingerprint density at radius 1 is 1.03 bits per heavy atom. The van der Waals surface area contributed by atoms with Gasteiger partial charge < -0.3 is 0 Å². The first-order valence-electron chi connectivity index (χ1n) is 9.56. The molecule has 4 nitrogen and oxygen atoms in total. The van der Waals surface area contributed by atoms with Crippen LogP contribution in [0.1, 0.15) is 16.8 Å². The van der Waals surface area contributed by atoms with Crippen LogP contribution in [0.25, 0.3) is 22.6 Å². The van der Waals surface area contributed by atoms with Crippen LogP contribution in [0.15, 0.2) is 65.6 Å². The van der Waals surface area contributed by atoms with Gasteiger partial charge in [0.15, 0.2) is 5.82 Å². The van der Waals surface area contributed by atoms with E-state index < -0.39 is 0 Å². The Labute approximate surface area is 178 Å². The molecular weight excluding hydrogens is 400 g/mol. The number of nitrogens with zero attached hydrogens (tertiary/aromatic N) is 4. The minimum atomic E-state index is 0.722. The van der Waals surface area contributed by atoms with Crippen molar-refractivity contribution in [3.63, 3.8) is 0 Å². The molecule has 0 amide bonds. The SMILES string of the molecule is Clc1ccc(-c2ncc3c(n2)CCN(Cc2cccnc2-c2ccsc2)C3)cc1. The highest BCUT2D eigenvalue weighted by Crippen LogP contribution is 2.27. The lowest BCUT2D eigenvalue weighted by molar-refractivity contribution is 0.243. The van der Waals surface area contributed by atoms with Gasteiger partial charge in [-0.15, -0.1) is 0 Å².